The van der Waals surface area contributed by atoms with Gasteiger partial charge in [0.05, 0.1) is 11.8 Å². The van der Waals surface area contributed by atoms with Crippen molar-refractivity contribution in [1.82, 2.24) is 0 Å². The summed E-state index contributed by atoms with van der Waals surface area (Å²) in [7, 11) is 0. The fraction of sp³-hybridized carbons (Fsp3) is 0.667. The quantitative estimate of drug-likeness (QED) is 0.674. The minimum atomic E-state index is -4.75. The van der Waals surface area contributed by atoms with Gasteiger partial charge in [0.1, 0.15) is 5.75 Å². The van der Waals surface area contributed by atoms with Crippen LogP contribution in [0.1, 0.15) is 63.5 Å². The minimum absolute atomic E-state index is 0.0463. The highest BCUT2D eigenvalue weighted by Gasteiger charge is 2.48. The molecule has 0 spiro atoms. The second-order valence-electron chi connectivity index (χ2n) is 8.14. The maximum Gasteiger partial charge on any atom is 0.573 e. The molecule has 4 nitrogen and oxygen atoms in total. The van der Waals surface area contributed by atoms with Crippen molar-refractivity contribution in [2.45, 2.75) is 70.4 Å². The molecular formula is C21H26F3NO3. The molecule has 2 fully saturated rings. The Morgan fingerprint density at radius 2 is 1.89 bits per heavy atom. The zero-order valence-corrected chi connectivity index (χ0v) is 16.0. The third kappa shape index (κ3) is 3.73. The van der Waals surface area contributed by atoms with Crippen LogP contribution in [0.2, 0.25) is 0 Å². The van der Waals surface area contributed by atoms with Crippen LogP contribution in [0, 0.1) is 11.8 Å². The first-order valence-electron chi connectivity index (χ1n) is 10.2. The molecule has 1 saturated heterocycles. The van der Waals surface area contributed by atoms with Gasteiger partial charge in [-0.25, -0.2) is 0 Å². The number of halogens is 3. The number of rotatable bonds is 2. The van der Waals surface area contributed by atoms with Crippen LogP contribution in [0.15, 0.2) is 18.2 Å². The van der Waals surface area contributed by atoms with Crippen molar-refractivity contribution in [2.24, 2.45) is 11.8 Å². The number of nitrogens with zero attached hydrogens (tertiary/aromatic N) is 1. The Balaban J connectivity index is 1.77. The lowest BCUT2D eigenvalue weighted by atomic mass is 9.70. The van der Waals surface area contributed by atoms with E-state index in [1.807, 2.05) is 4.90 Å². The van der Waals surface area contributed by atoms with Gasteiger partial charge in [-0.1, -0.05) is 19.3 Å². The molecule has 0 aromatic heterocycles. The van der Waals surface area contributed by atoms with Crippen molar-refractivity contribution in [3.8, 4) is 5.75 Å². The number of ether oxygens (including phenoxy) is 2. The first-order valence-corrected chi connectivity index (χ1v) is 10.2. The first-order chi connectivity index (χ1) is 13.3. The normalized spacial score (nSPS) is 28.4. The molecule has 28 heavy (non-hydrogen) atoms. The molecule has 154 valence electrons. The maximum atomic E-state index is 12.7. The van der Waals surface area contributed by atoms with E-state index < -0.39 is 6.36 Å². The van der Waals surface area contributed by atoms with E-state index in [-0.39, 0.29) is 29.7 Å². The molecule has 3 atom stereocenters. The van der Waals surface area contributed by atoms with E-state index >= 15 is 0 Å². The highest BCUT2D eigenvalue weighted by Crippen LogP contribution is 2.51. The largest absolute Gasteiger partial charge is 0.573 e. The van der Waals surface area contributed by atoms with Crippen LogP contribution in [0.3, 0.4) is 0 Å². The summed E-state index contributed by atoms with van der Waals surface area (Å²) in [6, 6.07) is 4.33. The lowest BCUT2D eigenvalue weighted by Crippen LogP contribution is -2.54. The Morgan fingerprint density at radius 3 is 2.57 bits per heavy atom. The van der Waals surface area contributed by atoms with Crippen LogP contribution in [0.25, 0.3) is 0 Å². The molecule has 0 N–H and O–H groups in total. The van der Waals surface area contributed by atoms with E-state index in [4.69, 9.17) is 4.74 Å². The van der Waals surface area contributed by atoms with Crippen molar-refractivity contribution >= 4 is 11.6 Å². The van der Waals surface area contributed by atoms with Gasteiger partial charge in [0.25, 0.3) is 0 Å². The summed E-state index contributed by atoms with van der Waals surface area (Å²) in [5.74, 6) is 0.185. The molecule has 7 heteroatoms. The van der Waals surface area contributed by atoms with E-state index in [1.54, 1.807) is 13.0 Å². The number of anilines is 1. The standard InChI is InChI=1S/C21H26F3NO3/c1-13(26)25-18-10-9-15(28-21(22,23)24)12-17(18)20-16(8-5-11-27-20)19(25)14-6-3-2-4-7-14/h9-10,12,14,16,19-20H,2-8,11H2,1H3/t16-,19+,20-/m0/s1. The van der Waals surface area contributed by atoms with Crippen LogP contribution in [-0.4, -0.2) is 24.9 Å². The van der Waals surface area contributed by atoms with Gasteiger partial charge >= 0.3 is 6.36 Å². The van der Waals surface area contributed by atoms with Crippen molar-refractivity contribution < 1.29 is 27.4 Å². The fourth-order valence-corrected chi connectivity index (χ4v) is 5.42. The Kier molecular flexibility index (Phi) is 5.29. The third-order valence-corrected chi connectivity index (χ3v) is 6.38. The molecule has 1 aliphatic carbocycles. The zero-order chi connectivity index (χ0) is 19.9. The number of fused-ring (bicyclic) bond motifs is 3. The Morgan fingerprint density at radius 1 is 1.14 bits per heavy atom. The van der Waals surface area contributed by atoms with E-state index in [9.17, 15) is 18.0 Å². The summed E-state index contributed by atoms with van der Waals surface area (Å²) in [5.41, 5.74) is 1.30. The van der Waals surface area contributed by atoms with Gasteiger partial charge in [-0.05, 0) is 49.8 Å². The third-order valence-electron chi connectivity index (χ3n) is 6.38. The van der Waals surface area contributed by atoms with Gasteiger partial charge in [0, 0.05) is 31.1 Å². The summed E-state index contributed by atoms with van der Waals surface area (Å²) in [6.45, 7) is 2.13. The van der Waals surface area contributed by atoms with Crippen molar-refractivity contribution in [2.75, 3.05) is 11.5 Å². The molecule has 3 aliphatic rings. The first kappa shape index (κ1) is 19.6. The molecule has 2 aliphatic heterocycles. The number of carbonyl (C=O) groups is 1. The molecule has 1 amide bonds. The van der Waals surface area contributed by atoms with Crippen molar-refractivity contribution in [3.63, 3.8) is 0 Å². The predicted octanol–water partition coefficient (Wildman–Crippen LogP) is 5.37. The van der Waals surface area contributed by atoms with Crippen LogP contribution in [0.5, 0.6) is 5.75 Å². The van der Waals surface area contributed by atoms with Gasteiger partial charge in [-0.2, -0.15) is 0 Å². The molecule has 0 bridgehead atoms. The average molecular weight is 397 g/mol. The summed E-state index contributed by atoms with van der Waals surface area (Å²) < 4.78 is 48.3. The number of hydrogen-bond acceptors (Lipinski definition) is 3. The Bertz CT molecular complexity index is 730. The predicted molar refractivity (Wildman–Crippen MR) is 98.1 cm³/mol. The van der Waals surface area contributed by atoms with E-state index in [0.717, 1.165) is 38.5 Å². The zero-order valence-electron chi connectivity index (χ0n) is 16.0. The molecular weight excluding hydrogens is 371 g/mol. The number of amides is 1. The molecule has 0 unspecified atom stereocenters. The molecule has 4 rings (SSSR count). The Hall–Kier alpha value is -1.76. The van der Waals surface area contributed by atoms with Crippen LogP contribution >= 0.6 is 0 Å². The average Bonchev–Trinajstić information content (AvgIpc) is 2.66. The summed E-state index contributed by atoms with van der Waals surface area (Å²) in [5, 5.41) is 0. The number of carbonyl (C=O) groups excluding carboxylic acids is 1. The smallest absolute Gasteiger partial charge is 0.406 e. The topological polar surface area (TPSA) is 38.8 Å². The lowest BCUT2D eigenvalue weighted by Gasteiger charge is -2.51. The molecule has 2 heterocycles. The van der Waals surface area contributed by atoms with E-state index in [2.05, 4.69) is 4.74 Å². The lowest BCUT2D eigenvalue weighted by molar-refractivity contribution is -0.274. The highest BCUT2D eigenvalue weighted by molar-refractivity contribution is 5.94. The highest BCUT2D eigenvalue weighted by atomic mass is 19.4. The number of alkyl halides is 3. The second kappa shape index (κ2) is 7.58. The van der Waals surface area contributed by atoms with Gasteiger partial charge in [0.15, 0.2) is 0 Å². The monoisotopic (exact) mass is 397 g/mol. The van der Waals surface area contributed by atoms with Crippen LogP contribution in [-0.2, 0) is 9.53 Å². The van der Waals surface area contributed by atoms with Gasteiger partial charge in [-0.15, -0.1) is 13.2 Å². The van der Waals surface area contributed by atoms with Crippen molar-refractivity contribution in [3.05, 3.63) is 23.8 Å². The maximum absolute atomic E-state index is 12.7. The summed E-state index contributed by atoms with van der Waals surface area (Å²) in [6.07, 6.45) is 2.51. The van der Waals surface area contributed by atoms with Gasteiger partial charge in [0.2, 0.25) is 5.91 Å². The van der Waals surface area contributed by atoms with E-state index in [0.29, 0.717) is 23.8 Å². The molecule has 1 saturated carbocycles. The van der Waals surface area contributed by atoms with Crippen LogP contribution in [0.4, 0.5) is 18.9 Å². The fourth-order valence-electron chi connectivity index (χ4n) is 5.42. The SMILES string of the molecule is CC(=O)N1c2ccc(OC(F)(F)F)cc2[C@H]2OCCC[C@H]2[C@H]1C1CCCCC1. The molecule has 1 aromatic carbocycles. The van der Waals surface area contributed by atoms with Crippen molar-refractivity contribution in [1.29, 1.82) is 0 Å². The summed E-state index contributed by atoms with van der Waals surface area (Å²) in [4.78, 5) is 14.5. The number of hydrogen-bond donors (Lipinski definition) is 0. The number of benzene rings is 1. The van der Waals surface area contributed by atoms with Gasteiger partial charge in [-0.3, -0.25) is 4.79 Å². The molecule has 0 radical (unpaired) electrons. The van der Waals surface area contributed by atoms with Crippen LogP contribution < -0.4 is 9.64 Å². The van der Waals surface area contributed by atoms with Gasteiger partial charge < -0.3 is 14.4 Å². The minimum Gasteiger partial charge on any atom is -0.406 e. The summed E-state index contributed by atoms with van der Waals surface area (Å²) >= 11 is 0. The molecule has 1 aromatic rings. The van der Waals surface area contributed by atoms with E-state index in [1.165, 1.54) is 18.6 Å². The Labute approximate surface area is 163 Å². The second-order valence-corrected chi connectivity index (χ2v) is 8.14.